The van der Waals surface area contributed by atoms with E-state index in [-0.39, 0.29) is 11.5 Å². The lowest BCUT2D eigenvalue weighted by molar-refractivity contribution is 0.0682. The van der Waals surface area contributed by atoms with E-state index in [0.717, 1.165) is 34.9 Å². The van der Waals surface area contributed by atoms with Crippen LogP contribution in [-0.4, -0.2) is 33.7 Å². The molecule has 0 aliphatic carbocycles. The van der Waals surface area contributed by atoms with Crippen molar-refractivity contribution in [3.8, 4) is 0 Å². The van der Waals surface area contributed by atoms with Crippen LogP contribution < -0.4 is 5.56 Å². The molecule has 1 aliphatic rings. The Morgan fingerprint density at radius 2 is 1.78 bits per heavy atom. The van der Waals surface area contributed by atoms with Crippen molar-refractivity contribution in [3.05, 3.63) is 76.2 Å². The quantitative estimate of drug-likeness (QED) is 0.719. The summed E-state index contributed by atoms with van der Waals surface area (Å²) in [6.07, 6.45) is 1.77. The molecule has 1 saturated heterocycles. The largest absolute Gasteiger partial charge is 0.339 e. The number of fused-ring (bicyclic) bond motifs is 1. The van der Waals surface area contributed by atoms with Gasteiger partial charge in [-0.25, -0.2) is 4.68 Å². The summed E-state index contributed by atoms with van der Waals surface area (Å²) in [5.74, 6) is 0.463. The molecule has 0 unspecified atom stereocenters. The summed E-state index contributed by atoms with van der Waals surface area (Å²) in [4.78, 5) is 26.9. The van der Waals surface area contributed by atoms with E-state index in [1.807, 2.05) is 54.3 Å². The smallest absolute Gasteiger partial charge is 0.266 e. The molecule has 0 atom stereocenters. The van der Waals surface area contributed by atoms with Crippen molar-refractivity contribution in [1.82, 2.24) is 14.7 Å². The predicted octanol–water partition coefficient (Wildman–Crippen LogP) is 3.26. The molecule has 1 aliphatic heterocycles. The first-order chi connectivity index (χ1) is 13.1. The summed E-state index contributed by atoms with van der Waals surface area (Å²) in [7, 11) is 0. The molecular formula is C22H23N3O2. The van der Waals surface area contributed by atoms with Crippen LogP contribution in [-0.2, 0) is 6.54 Å². The molecule has 0 N–H and O–H groups in total. The number of rotatable bonds is 3. The van der Waals surface area contributed by atoms with Crippen LogP contribution in [0.2, 0.25) is 0 Å². The highest BCUT2D eigenvalue weighted by Gasteiger charge is 2.25. The third-order valence-corrected chi connectivity index (χ3v) is 5.35. The highest BCUT2D eigenvalue weighted by Crippen LogP contribution is 2.24. The molecule has 0 radical (unpaired) electrons. The summed E-state index contributed by atoms with van der Waals surface area (Å²) in [5, 5.41) is 6.41. The summed E-state index contributed by atoms with van der Waals surface area (Å²) >= 11 is 0. The Hall–Kier alpha value is -2.95. The summed E-state index contributed by atoms with van der Waals surface area (Å²) < 4.78 is 1.56. The number of carbonyl (C=O) groups is 1. The van der Waals surface area contributed by atoms with Gasteiger partial charge in [0.2, 0.25) is 0 Å². The normalized spacial score (nSPS) is 15.2. The Balaban J connectivity index is 1.45. The Bertz CT molecular complexity index is 1030. The lowest BCUT2D eigenvalue weighted by Gasteiger charge is -2.32. The van der Waals surface area contributed by atoms with E-state index < -0.39 is 0 Å². The second-order valence-electron chi connectivity index (χ2n) is 7.26. The molecule has 1 fully saturated rings. The van der Waals surface area contributed by atoms with E-state index in [0.29, 0.717) is 25.6 Å². The molecule has 5 nitrogen and oxygen atoms in total. The van der Waals surface area contributed by atoms with Gasteiger partial charge in [-0.05, 0) is 48.6 Å². The molecule has 0 bridgehead atoms. The average Bonchev–Trinajstić information content (AvgIpc) is 2.70. The van der Waals surface area contributed by atoms with Gasteiger partial charge in [-0.3, -0.25) is 9.59 Å². The topological polar surface area (TPSA) is 55.2 Å². The molecule has 4 rings (SSSR count). The molecule has 1 amide bonds. The third kappa shape index (κ3) is 3.63. The Morgan fingerprint density at radius 1 is 1.04 bits per heavy atom. The van der Waals surface area contributed by atoms with Crippen LogP contribution in [0.4, 0.5) is 0 Å². The summed E-state index contributed by atoms with van der Waals surface area (Å²) in [6.45, 7) is 3.94. The predicted molar refractivity (Wildman–Crippen MR) is 106 cm³/mol. The molecule has 5 heteroatoms. The van der Waals surface area contributed by atoms with Crippen LogP contribution in [0.25, 0.3) is 10.8 Å². The number of aromatic nitrogens is 2. The van der Waals surface area contributed by atoms with Gasteiger partial charge in [-0.1, -0.05) is 36.4 Å². The maximum Gasteiger partial charge on any atom is 0.266 e. The third-order valence-electron chi connectivity index (χ3n) is 5.35. The van der Waals surface area contributed by atoms with Gasteiger partial charge in [-0.15, -0.1) is 0 Å². The highest BCUT2D eigenvalue weighted by molar-refractivity contribution is 6.07. The molecular weight excluding hydrogens is 338 g/mol. The zero-order valence-corrected chi connectivity index (χ0v) is 15.5. The fourth-order valence-electron chi connectivity index (χ4n) is 3.83. The van der Waals surface area contributed by atoms with Gasteiger partial charge >= 0.3 is 0 Å². The SMILES string of the molecule is Cc1ccc(=O)n(CC2CCN(C(=O)c3cccc4ccccc34)CC2)n1. The lowest BCUT2D eigenvalue weighted by atomic mass is 9.95. The molecule has 27 heavy (non-hydrogen) atoms. The first kappa shape index (κ1) is 17.5. The van der Waals surface area contributed by atoms with Crippen LogP contribution in [0, 0.1) is 12.8 Å². The number of benzene rings is 2. The van der Waals surface area contributed by atoms with Crippen LogP contribution in [0.1, 0.15) is 28.9 Å². The van der Waals surface area contributed by atoms with E-state index in [9.17, 15) is 9.59 Å². The van der Waals surface area contributed by atoms with Gasteiger partial charge in [0, 0.05) is 31.3 Å². The highest BCUT2D eigenvalue weighted by atomic mass is 16.2. The minimum absolute atomic E-state index is 0.0603. The van der Waals surface area contributed by atoms with Crippen LogP contribution in [0.3, 0.4) is 0 Å². The van der Waals surface area contributed by atoms with Gasteiger partial charge < -0.3 is 4.90 Å². The van der Waals surface area contributed by atoms with E-state index in [1.54, 1.807) is 16.8 Å². The molecule has 138 valence electrons. The second kappa shape index (κ2) is 7.35. The fourth-order valence-corrected chi connectivity index (χ4v) is 3.83. The van der Waals surface area contributed by atoms with E-state index >= 15 is 0 Å². The maximum atomic E-state index is 13.0. The molecule has 0 saturated carbocycles. The minimum Gasteiger partial charge on any atom is -0.339 e. The van der Waals surface area contributed by atoms with Gasteiger partial charge in [0.15, 0.2) is 0 Å². The molecule has 3 aromatic rings. The number of piperidine rings is 1. The van der Waals surface area contributed by atoms with Gasteiger partial charge in [0.25, 0.3) is 11.5 Å². The van der Waals surface area contributed by atoms with Crippen molar-refractivity contribution in [2.45, 2.75) is 26.3 Å². The van der Waals surface area contributed by atoms with Crippen LogP contribution >= 0.6 is 0 Å². The standard InChI is InChI=1S/C22H23N3O2/c1-16-9-10-21(26)25(23-16)15-17-11-13-24(14-12-17)22(27)20-8-4-6-18-5-2-3-7-19(18)20/h2-10,17H,11-15H2,1H3. The monoisotopic (exact) mass is 361 g/mol. The zero-order valence-electron chi connectivity index (χ0n) is 15.5. The Labute approximate surface area is 158 Å². The average molecular weight is 361 g/mol. The number of amides is 1. The molecule has 1 aromatic heterocycles. The molecule has 2 heterocycles. The Kier molecular flexibility index (Phi) is 4.75. The number of likely N-dealkylation sites (tertiary alicyclic amines) is 1. The first-order valence-electron chi connectivity index (χ1n) is 9.43. The van der Waals surface area contributed by atoms with E-state index in [1.165, 1.54) is 0 Å². The van der Waals surface area contributed by atoms with Crippen molar-refractivity contribution >= 4 is 16.7 Å². The minimum atomic E-state index is -0.0603. The van der Waals surface area contributed by atoms with E-state index in [2.05, 4.69) is 5.10 Å². The van der Waals surface area contributed by atoms with Gasteiger partial charge in [-0.2, -0.15) is 5.10 Å². The van der Waals surface area contributed by atoms with Crippen molar-refractivity contribution in [3.63, 3.8) is 0 Å². The van der Waals surface area contributed by atoms with Crippen molar-refractivity contribution in [1.29, 1.82) is 0 Å². The number of aryl methyl sites for hydroxylation is 1. The number of nitrogens with zero attached hydrogens (tertiary/aromatic N) is 3. The second-order valence-corrected chi connectivity index (χ2v) is 7.26. The first-order valence-corrected chi connectivity index (χ1v) is 9.43. The van der Waals surface area contributed by atoms with Crippen molar-refractivity contribution in [2.75, 3.05) is 13.1 Å². The van der Waals surface area contributed by atoms with Crippen LogP contribution in [0.15, 0.2) is 59.4 Å². The van der Waals surface area contributed by atoms with Gasteiger partial charge in [0.05, 0.1) is 5.69 Å². The maximum absolute atomic E-state index is 13.0. The Morgan fingerprint density at radius 3 is 2.59 bits per heavy atom. The molecule has 0 spiro atoms. The van der Waals surface area contributed by atoms with E-state index in [4.69, 9.17) is 0 Å². The zero-order chi connectivity index (χ0) is 18.8. The number of hydrogen-bond acceptors (Lipinski definition) is 3. The fraction of sp³-hybridized carbons (Fsp3) is 0.318. The number of carbonyl (C=O) groups excluding carboxylic acids is 1. The lowest BCUT2D eigenvalue weighted by Crippen LogP contribution is -2.40. The number of hydrogen-bond donors (Lipinski definition) is 0. The van der Waals surface area contributed by atoms with Crippen molar-refractivity contribution in [2.24, 2.45) is 5.92 Å². The molecule has 2 aromatic carbocycles. The summed E-state index contributed by atoms with van der Waals surface area (Å²) in [6, 6.07) is 17.2. The van der Waals surface area contributed by atoms with Crippen LogP contribution in [0.5, 0.6) is 0 Å². The van der Waals surface area contributed by atoms with Crippen molar-refractivity contribution < 1.29 is 4.79 Å². The summed E-state index contributed by atoms with van der Waals surface area (Å²) in [5.41, 5.74) is 1.55. The van der Waals surface area contributed by atoms with Gasteiger partial charge in [0.1, 0.15) is 0 Å².